The maximum absolute atomic E-state index is 11.9. The van der Waals surface area contributed by atoms with Gasteiger partial charge in [-0.2, -0.15) is 5.10 Å². The highest BCUT2D eigenvalue weighted by atomic mass is 16.1. The van der Waals surface area contributed by atoms with Gasteiger partial charge < -0.3 is 5.32 Å². The molecule has 0 aliphatic rings. The zero-order valence-corrected chi connectivity index (χ0v) is 13.3. The molecule has 0 saturated heterocycles. The van der Waals surface area contributed by atoms with E-state index in [-0.39, 0.29) is 5.91 Å². The van der Waals surface area contributed by atoms with Gasteiger partial charge in [0.1, 0.15) is 0 Å². The van der Waals surface area contributed by atoms with Crippen molar-refractivity contribution in [3.63, 3.8) is 0 Å². The number of hydrogen-bond acceptors (Lipinski definition) is 2. The van der Waals surface area contributed by atoms with Gasteiger partial charge in [-0.1, -0.05) is 54.6 Å². The SMILES string of the molecule is O=C(/C=C/c1ccccc1)NCc1cccc(Cn2cccn2)c1. The summed E-state index contributed by atoms with van der Waals surface area (Å²) < 4.78 is 1.88. The second-order valence-corrected chi connectivity index (χ2v) is 5.49. The normalized spacial score (nSPS) is 10.8. The van der Waals surface area contributed by atoms with Crippen LogP contribution in [0.15, 0.2) is 79.1 Å². The van der Waals surface area contributed by atoms with Gasteiger partial charge in [0.2, 0.25) is 5.91 Å². The summed E-state index contributed by atoms with van der Waals surface area (Å²) in [6.45, 7) is 1.23. The molecule has 1 N–H and O–H groups in total. The number of carbonyl (C=O) groups excluding carboxylic acids is 1. The van der Waals surface area contributed by atoms with E-state index in [1.54, 1.807) is 12.3 Å². The van der Waals surface area contributed by atoms with E-state index >= 15 is 0 Å². The monoisotopic (exact) mass is 317 g/mol. The highest BCUT2D eigenvalue weighted by Crippen LogP contribution is 2.07. The minimum Gasteiger partial charge on any atom is -0.348 e. The highest BCUT2D eigenvalue weighted by Gasteiger charge is 2.00. The van der Waals surface area contributed by atoms with E-state index in [1.165, 1.54) is 0 Å². The molecule has 2 aromatic carbocycles. The molecule has 0 saturated carbocycles. The number of benzene rings is 2. The molecule has 0 radical (unpaired) electrons. The van der Waals surface area contributed by atoms with Crippen molar-refractivity contribution in [1.82, 2.24) is 15.1 Å². The quantitative estimate of drug-likeness (QED) is 0.709. The largest absolute Gasteiger partial charge is 0.348 e. The van der Waals surface area contributed by atoms with Crippen molar-refractivity contribution in [1.29, 1.82) is 0 Å². The van der Waals surface area contributed by atoms with E-state index < -0.39 is 0 Å². The van der Waals surface area contributed by atoms with Gasteiger partial charge in [-0.15, -0.1) is 0 Å². The maximum Gasteiger partial charge on any atom is 0.244 e. The molecule has 1 heterocycles. The zero-order valence-electron chi connectivity index (χ0n) is 13.3. The molecule has 4 heteroatoms. The average molecular weight is 317 g/mol. The fourth-order valence-electron chi connectivity index (χ4n) is 2.40. The van der Waals surface area contributed by atoms with Crippen LogP contribution in [-0.2, 0) is 17.9 Å². The summed E-state index contributed by atoms with van der Waals surface area (Å²) in [7, 11) is 0. The minimum atomic E-state index is -0.101. The van der Waals surface area contributed by atoms with E-state index in [4.69, 9.17) is 0 Å². The average Bonchev–Trinajstić information content (AvgIpc) is 3.12. The van der Waals surface area contributed by atoms with Gasteiger partial charge in [-0.3, -0.25) is 9.48 Å². The molecular formula is C20H19N3O. The molecule has 120 valence electrons. The second kappa shape index (κ2) is 7.92. The first-order valence-electron chi connectivity index (χ1n) is 7.86. The zero-order chi connectivity index (χ0) is 16.6. The molecule has 1 aromatic heterocycles. The Morgan fingerprint density at radius 3 is 2.67 bits per heavy atom. The van der Waals surface area contributed by atoms with E-state index in [1.807, 2.05) is 65.5 Å². The number of amides is 1. The van der Waals surface area contributed by atoms with Crippen LogP contribution in [0.2, 0.25) is 0 Å². The molecule has 24 heavy (non-hydrogen) atoms. The van der Waals surface area contributed by atoms with Crippen molar-refractivity contribution in [2.24, 2.45) is 0 Å². The Bertz CT molecular complexity index is 808. The summed E-state index contributed by atoms with van der Waals surface area (Å²) in [4.78, 5) is 11.9. The molecule has 0 aliphatic heterocycles. The summed E-state index contributed by atoms with van der Waals surface area (Å²) in [5.74, 6) is -0.101. The topological polar surface area (TPSA) is 46.9 Å². The molecule has 0 atom stereocenters. The fraction of sp³-hybridized carbons (Fsp3) is 0.100. The molecule has 1 amide bonds. The number of aromatic nitrogens is 2. The summed E-state index contributed by atoms with van der Waals surface area (Å²) >= 11 is 0. The predicted octanol–water partition coefficient (Wildman–Crippen LogP) is 3.26. The van der Waals surface area contributed by atoms with Crippen LogP contribution < -0.4 is 5.32 Å². The predicted molar refractivity (Wildman–Crippen MR) is 95.1 cm³/mol. The van der Waals surface area contributed by atoms with Crippen molar-refractivity contribution in [2.45, 2.75) is 13.1 Å². The maximum atomic E-state index is 11.9. The molecular weight excluding hydrogens is 298 g/mol. The van der Waals surface area contributed by atoms with Crippen LogP contribution in [0, 0.1) is 0 Å². The fourth-order valence-corrected chi connectivity index (χ4v) is 2.40. The van der Waals surface area contributed by atoms with Gasteiger partial charge >= 0.3 is 0 Å². The van der Waals surface area contributed by atoms with Crippen LogP contribution in [0.1, 0.15) is 16.7 Å². The molecule has 0 aliphatic carbocycles. The Morgan fingerprint density at radius 1 is 1.04 bits per heavy atom. The van der Waals surface area contributed by atoms with Crippen molar-refractivity contribution >= 4 is 12.0 Å². The smallest absolute Gasteiger partial charge is 0.244 e. The van der Waals surface area contributed by atoms with Crippen LogP contribution in [0.4, 0.5) is 0 Å². The van der Waals surface area contributed by atoms with Crippen molar-refractivity contribution < 1.29 is 4.79 Å². The Morgan fingerprint density at radius 2 is 1.88 bits per heavy atom. The van der Waals surface area contributed by atoms with E-state index in [2.05, 4.69) is 22.5 Å². The van der Waals surface area contributed by atoms with E-state index in [9.17, 15) is 4.79 Å². The summed E-state index contributed by atoms with van der Waals surface area (Å²) in [5.41, 5.74) is 3.24. The van der Waals surface area contributed by atoms with Crippen molar-refractivity contribution in [3.8, 4) is 0 Å². The van der Waals surface area contributed by atoms with Gasteiger partial charge in [-0.05, 0) is 28.8 Å². The van der Waals surface area contributed by atoms with E-state index in [0.717, 1.165) is 23.2 Å². The molecule has 0 bridgehead atoms. The van der Waals surface area contributed by atoms with Gasteiger partial charge in [0.15, 0.2) is 0 Å². The first-order chi connectivity index (χ1) is 11.8. The Balaban J connectivity index is 1.54. The van der Waals surface area contributed by atoms with Gasteiger partial charge in [-0.25, -0.2) is 0 Å². The Labute approximate surface area is 141 Å². The number of nitrogens with zero attached hydrogens (tertiary/aromatic N) is 2. The lowest BCUT2D eigenvalue weighted by molar-refractivity contribution is -0.116. The third-order valence-corrected chi connectivity index (χ3v) is 3.59. The highest BCUT2D eigenvalue weighted by molar-refractivity contribution is 5.91. The second-order valence-electron chi connectivity index (χ2n) is 5.49. The third kappa shape index (κ3) is 4.68. The lowest BCUT2D eigenvalue weighted by Gasteiger charge is -2.06. The Hall–Kier alpha value is -3.14. The molecule has 0 fully saturated rings. The molecule has 0 unspecified atom stereocenters. The first-order valence-corrected chi connectivity index (χ1v) is 7.86. The van der Waals surface area contributed by atoms with Crippen LogP contribution in [0.3, 0.4) is 0 Å². The third-order valence-electron chi connectivity index (χ3n) is 3.59. The van der Waals surface area contributed by atoms with Gasteiger partial charge in [0.25, 0.3) is 0 Å². The number of hydrogen-bond donors (Lipinski definition) is 1. The van der Waals surface area contributed by atoms with Gasteiger partial charge in [0.05, 0.1) is 6.54 Å². The van der Waals surface area contributed by atoms with Crippen LogP contribution in [-0.4, -0.2) is 15.7 Å². The minimum absolute atomic E-state index is 0.101. The van der Waals surface area contributed by atoms with Crippen molar-refractivity contribution in [3.05, 3.63) is 95.8 Å². The first kappa shape index (κ1) is 15.7. The standard InChI is InChI=1S/C20H19N3O/c24-20(11-10-17-6-2-1-3-7-17)21-15-18-8-4-9-19(14-18)16-23-13-5-12-22-23/h1-14H,15-16H2,(H,21,24)/b11-10+. The lowest BCUT2D eigenvalue weighted by Crippen LogP contribution is -2.20. The van der Waals surface area contributed by atoms with Gasteiger partial charge in [0, 0.05) is 25.0 Å². The van der Waals surface area contributed by atoms with Crippen LogP contribution in [0.5, 0.6) is 0 Å². The Kier molecular flexibility index (Phi) is 5.20. The molecule has 4 nitrogen and oxygen atoms in total. The molecule has 3 aromatic rings. The molecule has 0 spiro atoms. The van der Waals surface area contributed by atoms with Crippen LogP contribution in [0.25, 0.3) is 6.08 Å². The van der Waals surface area contributed by atoms with E-state index in [0.29, 0.717) is 6.54 Å². The summed E-state index contributed by atoms with van der Waals surface area (Å²) in [6.07, 6.45) is 7.07. The number of rotatable bonds is 6. The lowest BCUT2D eigenvalue weighted by atomic mass is 10.1. The van der Waals surface area contributed by atoms with Crippen molar-refractivity contribution in [2.75, 3.05) is 0 Å². The molecule has 3 rings (SSSR count). The number of nitrogens with one attached hydrogen (secondary N) is 1. The number of carbonyl (C=O) groups is 1. The summed E-state index contributed by atoms with van der Waals surface area (Å²) in [5, 5.41) is 7.11. The van der Waals surface area contributed by atoms with Crippen LogP contribution >= 0.6 is 0 Å². The summed E-state index contributed by atoms with van der Waals surface area (Å²) in [6, 6.07) is 19.8.